The van der Waals surface area contributed by atoms with Gasteiger partial charge in [0.15, 0.2) is 0 Å². The third-order valence-electron chi connectivity index (χ3n) is 2.83. The third-order valence-corrected chi connectivity index (χ3v) is 3.05. The Hall–Kier alpha value is -1.91. The second-order valence-corrected chi connectivity index (χ2v) is 4.78. The van der Waals surface area contributed by atoms with Crippen LogP contribution in [0.2, 0.25) is 5.15 Å². The van der Waals surface area contributed by atoms with E-state index in [1.807, 2.05) is 30.3 Å². The highest BCUT2D eigenvalue weighted by Crippen LogP contribution is 2.20. The number of pyridine rings is 1. The highest BCUT2D eigenvalue weighted by atomic mass is 35.5. The molecule has 0 spiro atoms. The molecule has 1 heterocycles. The molecule has 4 nitrogen and oxygen atoms in total. The van der Waals surface area contributed by atoms with E-state index >= 15 is 0 Å². The first kappa shape index (κ1) is 13.5. The SMILES string of the molecule is CC(N)(C(=O)Nc1ccc(Cl)nc1)c1ccccc1. The molecule has 0 fully saturated rings. The van der Waals surface area contributed by atoms with Crippen molar-refractivity contribution in [1.29, 1.82) is 0 Å². The zero-order valence-corrected chi connectivity index (χ0v) is 11.2. The number of anilines is 1. The Morgan fingerprint density at radius 1 is 1.26 bits per heavy atom. The second-order valence-electron chi connectivity index (χ2n) is 4.39. The van der Waals surface area contributed by atoms with Crippen molar-refractivity contribution in [3.05, 3.63) is 59.4 Å². The molecule has 1 unspecified atom stereocenters. The number of nitrogens with zero attached hydrogens (tertiary/aromatic N) is 1. The van der Waals surface area contributed by atoms with Crippen molar-refractivity contribution in [2.75, 3.05) is 5.32 Å². The normalized spacial score (nSPS) is 13.6. The monoisotopic (exact) mass is 275 g/mol. The van der Waals surface area contributed by atoms with Crippen molar-refractivity contribution in [2.45, 2.75) is 12.5 Å². The van der Waals surface area contributed by atoms with Crippen molar-refractivity contribution < 1.29 is 4.79 Å². The molecule has 0 saturated heterocycles. The molecule has 1 atom stereocenters. The van der Waals surface area contributed by atoms with Crippen LogP contribution in [-0.2, 0) is 10.3 Å². The Labute approximate surface area is 116 Å². The Morgan fingerprint density at radius 3 is 2.53 bits per heavy atom. The largest absolute Gasteiger partial charge is 0.323 e. The van der Waals surface area contributed by atoms with E-state index in [0.717, 1.165) is 5.56 Å². The average molecular weight is 276 g/mol. The quantitative estimate of drug-likeness (QED) is 0.846. The summed E-state index contributed by atoms with van der Waals surface area (Å²) in [4.78, 5) is 16.1. The molecular formula is C14H14ClN3O. The van der Waals surface area contributed by atoms with Crippen LogP contribution >= 0.6 is 11.6 Å². The highest BCUT2D eigenvalue weighted by molar-refractivity contribution is 6.29. The number of halogens is 1. The molecule has 98 valence electrons. The van der Waals surface area contributed by atoms with Gasteiger partial charge in [0.05, 0.1) is 11.9 Å². The average Bonchev–Trinajstić information content (AvgIpc) is 2.42. The molecule has 0 aliphatic carbocycles. The molecule has 19 heavy (non-hydrogen) atoms. The van der Waals surface area contributed by atoms with Gasteiger partial charge in [0.2, 0.25) is 5.91 Å². The van der Waals surface area contributed by atoms with Gasteiger partial charge >= 0.3 is 0 Å². The minimum atomic E-state index is -1.11. The zero-order chi connectivity index (χ0) is 13.9. The Morgan fingerprint density at radius 2 is 1.95 bits per heavy atom. The van der Waals surface area contributed by atoms with E-state index in [1.165, 1.54) is 6.20 Å². The zero-order valence-electron chi connectivity index (χ0n) is 10.4. The van der Waals surface area contributed by atoms with Gasteiger partial charge in [-0.3, -0.25) is 4.79 Å². The van der Waals surface area contributed by atoms with Crippen molar-refractivity contribution in [3.8, 4) is 0 Å². The van der Waals surface area contributed by atoms with Crippen LogP contribution in [0.5, 0.6) is 0 Å². The van der Waals surface area contributed by atoms with E-state index in [9.17, 15) is 4.79 Å². The van der Waals surface area contributed by atoms with Gasteiger partial charge in [0.1, 0.15) is 10.7 Å². The molecule has 0 aliphatic heterocycles. The second kappa shape index (κ2) is 5.38. The van der Waals surface area contributed by atoms with Gasteiger partial charge in [0.25, 0.3) is 0 Å². The van der Waals surface area contributed by atoms with Crippen molar-refractivity contribution in [1.82, 2.24) is 4.98 Å². The summed E-state index contributed by atoms with van der Waals surface area (Å²) in [6.07, 6.45) is 1.49. The predicted octanol–water partition coefficient (Wildman–Crippen LogP) is 2.55. The van der Waals surface area contributed by atoms with E-state index in [4.69, 9.17) is 17.3 Å². The fourth-order valence-electron chi connectivity index (χ4n) is 1.63. The minimum Gasteiger partial charge on any atom is -0.323 e. The lowest BCUT2D eigenvalue weighted by Gasteiger charge is -2.24. The first-order valence-electron chi connectivity index (χ1n) is 5.77. The smallest absolute Gasteiger partial charge is 0.248 e. The summed E-state index contributed by atoms with van der Waals surface area (Å²) in [5.74, 6) is -0.303. The number of benzene rings is 1. The van der Waals surface area contributed by atoms with Crippen LogP contribution in [0, 0.1) is 0 Å². The highest BCUT2D eigenvalue weighted by Gasteiger charge is 2.30. The van der Waals surface area contributed by atoms with Crippen molar-refractivity contribution in [2.24, 2.45) is 5.73 Å². The number of rotatable bonds is 3. The van der Waals surface area contributed by atoms with Gasteiger partial charge in [-0.05, 0) is 24.6 Å². The number of hydrogen-bond acceptors (Lipinski definition) is 3. The van der Waals surface area contributed by atoms with E-state index in [1.54, 1.807) is 19.1 Å². The number of carbonyl (C=O) groups is 1. The van der Waals surface area contributed by atoms with Crippen LogP contribution in [-0.4, -0.2) is 10.9 Å². The molecular weight excluding hydrogens is 262 g/mol. The summed E-state index contributed by atoms with van der Waals surface area (Å²) in [5, 5.41) is 3.09. The summed E-state index contributed by atoms with van der Waals surface area (Å²) in [6, 6.07) is 12.5. The Kier molecular flexibility index (Phi) is 3.83. The van der Waals surface area contributed by atoms with Crippen LogP contribution in [0.25, 0.3) is 0 Å². The molecule has 1 amide bonds. The number of nitrogens with one attached hydrogen (secondary N) is 1. The number of hydrogen-bond donors (Lipinski definition) is 2. The third kappa shape index (κ3) is 3.10. The van der Waals surface area contributed by atoms with Crippen LogP contribution in [0.4, 0.5) is 5.69 Å². The van der Waals surface area contributed by atoms with Gasteiger partial charge in [-0.15, -0.1) is 0 Å². The maximum absolute atomic E-state index is 12.2. The molecule has 0 aliphatic rings. The van der Waals surface area contributed by atoms with Gasteiger partial charge in [-0.25, -0.2) is 4.98 Å². The number of aromatic nitrogens is 1. The Balaban J connectivity index is 2.17. The maximum Gasteiger partial charge on any atom is 0.248 e. The molecule has 1 aromatic heterocycles. The van der Waals surface area contributed by atoms with Crippen LogP contribution < -0.4 is 11.1 Å². The van der Waals surface area contributed by atoms with Gasteiger partial charge in [-0.1, -0.05) is 41.9 Å². The fourth-order valence-corrected chi connectivity index (χ4v) is 1.74. The van der Waals surface area contributed by atoms with E-state index in [0.29, 0.717) is 10.8 Å². The van der Waals surface area contributed by atoms with Crippen LogP contribution in [0.3, 0.4) is 0 Å². The lowest BCUT2D eigenvalue weighted by molar-refractivity contribution is -0.120. The molecule has 2 aromatic rings. The molecule has 5 heteroatoms. The molecule has 0 saturated carbocycles. The van der Waals surface area contributed by atoms with Gasteiger partial charge in [0, 0.05) is 0 Å². The van der Waals surface area contributed by atoms with E-state index in [2.05, 4.69) is 10.3 Å². The predicted molar refractivity (Wildman–Crippen MR) is 75.9 cm³/mol. The number of amides is 1. The lowest BCUT2D eigenvalue weighted by atomic mass is 9.92. The number of carbonyl (C=O) groups excluding carboxylic acids is 1. The first-order valence-corrected chi connectivity index (χ1v) is 6.15. The molecule has 2 rings (SSSR count). The number of nitrogens with two attached hydrogens (primary N) is 1. The maximum atomic E-state index is 12.2. The topological polar surface area (TPSA) is 68.0 Å². The standard InChI is InChI=1S/C14H14ClN3O/c1-14(16,10-5-3-2-4-6-10)13(19)18-11-7-8-12(15)17-9-11/h2-9H,16H2,1H3,(H,18,19). The first-order chi connectivity index (χ1) is 9.00. The van der Waals surface area contributed by atoms with Gasteiger partial charge in [-0.2, -0.15) is 0 Å². The molecule has 0 radical (unpaired) electrons. The van der Waals surface area contributed by atoms with Crippen LogP contribution in [0.15, 0.2) is 48.7 Å². The fraction of sp³-hybridized carbons (Fsp3) is 0.143. The summed E-state index contributed by atoms with van der Waals surface area (Å²) in [5.41, 5.74) is 6.29. The minimum absolute atomic E-state index is 0.303. The summed E-state index contributed by atoms with van der Waals surface area (Å²) >= 11 is 5.69. The van der Waals surface area contributed by atoms with E-state index < -0.39 is 5.54 Å². The summed E-state index contributed by atoms with van der Waals surface area (Å²) < 4.78 is 0. The van der Waals surface area contributed by atoms with Crippen LogP contribution in [0.1, 0.15) is 12.5 Å². The summed E-state index contributed by atoms with van der Waals surface area (Å²) in [7, 11) is 0. The molecule has 1 aromatic carbocycles. The van der Waals surface area contributed by atoms with E-state index in [-0.39, 0.29) is 5.91 Å². The molecule has 0 bridgehead atoms. The summed E-state index contributed by atoms with van der Waals surface area (Å²) in [6.45, 7) is 1.67. The Bertz CT molecular complexity index is 567. The lowest BCUT2D eigenvalue weighted by Crippen LogP contribution is -2.45. The van der Waals surface area contributed by atoms with Crippen molar-refractivity contribution in [3.63, 3.8) is 0 Å². The molecule has 3 N–H and O–H groups in total. The van der Waals surface area contributed by atoms with Crippen molar-refractivity contribution >= 4 is 23.2 Å². The van der Waals surface area contributed by atoms with Gasteiger partial charge < -0.3 is 11.1 Å².